The zero-order valence-electron chi connectivity index (χ0n) is 13.2. The number of carbonyl (C=O) groups is 1. The van der Waals surface area contributed by atoms with Crippen molar-refractivity contribution in [3.63, 3.8) is 0 Å². The molecule has 23 heavy (non-hydrogen) atoms. The van der Waals surface area contributed by atoms with Crippen molar-refractivity contribution >= 4 is 11.7 Å². The van der Waals surface area contributed by atoms with E-state index in [0.29, 0.717) is 0 Å². The van der Waals surface area contributed by atoms with Crippen molar-refractivity contribution in [1.82, 2.24) is 9.88 Å². The highest BCUT2D eigenvalue weighted by Crippen LogP contribution is 2.24. The number of fused-ring (bicyclic) bond motifs is 1. The van der Waals surface area contributed by atoms with Crippen LogP contribution in [0.5, 0.6) is 0 Å². The van der Waals surface area contributed by atoms with Crippen LogP contribution in [-0.2, 0) is 12.8 Å². The zero-order chi connectivity index (χ0) is 15.6. The minimum absolute atomic E-state index is 0.167. The summed E-state index contributed by atoms with van der Waals surface area (Å²) < 4.78 is 0. The molecular formula is C19H21N3O. The summed E-state index contributed by atoms with van der Waals surface area (Å²) in [6, 6.07) is 12.2. The van der Waals surface area contributed by atoms with E-state index in [1.54, 1.807) is 0 Å². The third kappa shape index (κ3) is 2.81. The third-order valence-electron chi connectivity index (χ3n) is 4.89. The summed E-state index contributed by atoms with van der Waals surface area (Å²) in [5.41, 5.74) is 3.63. The van der Waals surface area contributed by atoms with Crippen LogP contribution >= 0.6 is 0 Å². The second kappa shape index (κ2) is 6.03. The van der Waals surface area contributed by atoms with Crippen LogP contribution in [0.15, 0.2) is 42.6 Å². The zero-order valence-corrected chi connectivity index (χ0v) is 13.2. The van der Waals surface area contributed by atoms with Crippen LogP contribution in [0.3, 0.4) is 0 Å². The average molecular weight is 307 g/mol. The molecule has 0 unspecified atom stereocenters. The van der Waals surface area contributed by atoms with Crippen LogP contribution in [0.4, 0.5) is 5.82 Å². The first-order valence-electron chi connectivity index (χ1n) is 8.38. The van der Waals surface area contributed by atoms with Gasteiger partial charge in [0.15, 0.2) is 0 Å². The predicted molar refractivity (Wildman–Crippen MR) is 90.8 cm³/mol. The summed E-state index contributed by atoms with van der Waals surface area (Å²) in [6.45, 7) is 3.19. The number of nitrogens with zero attached hydrogens (tertiary/aromatic N) is 3. The van der Waals surface area contributed by atoms with Crippen LogP contribution in [0.2, 0.25) is 0 Å². The molecule has 0 spiro atoms. The van der Waals surface area contributed by atoms with E-state index >= 15 is 0 Å². The molecule has 118 valence electrons. The van der Waals surface area contributed by atoms with E-state index in [2.05, 4.69) is 22.0 Å². The molecule has 1 aliphatic heterocycles. The molecular weight excluding hydrogens is 286 g/mol. The molecule has 2 heterocycles. The molecule has 0 atom stereocenters. The molecule has 0 radical (unpaired) electrons. The fourth-order valence-corrected chi connectivity index (χ4v) is 3.57. The van der Waals surface area contributed by atoms with Gasteiger partial charge < -0.3 is 9.80 Å². The average Bonchev–Trinajstić information content (AvgIpc) is 3.10. The molecule has 0 bridgehead atoms. The first-order chi connectivity index (χ1) is 11.3. The molecule has 1 aliphatic carbocycles. The van der Waals surface area contributed by atoms with Gasteiger partial charge in [-0.1, -0.05) is 12.1 Å². The molecule has 4 rings (SSSR count). The van der Waals surface area contributed by atoms with Crippen molar-refractivity contribution < 1.29 is 4.79 Å². The summed E-state index contributed by atoms with van der Waals surface area (Å²) in [4.78, 5) is 21.3. The van der Waals surface area contributed by atoms with Gasteiger partial charge >= 0.3 is 0 Å². The Bertz CT molecular complexity index is 706. The maximum absolute atomic E-state index is 12.7. The molecule has 0 saturated carbocycles. The highest BCUT2D eigenvalue weighted by molar-refractivity contribution is 5.94. The van der Waals surface area contributed by atoms with Gasteiger partial charge in [-0.05, 0) is 54.7 Å². The van der Waals surface area contributed by atoms with Crippen LogP contribution in [-0.4, -0.2) is 42.0 Å². The number of rotatable bonds is 2. The molecule has 1 aromatic heterocycles. The SMILES string of the molecule is O=C(c1ccc2c(c1)CCC2)N1CCN(c2ccccn2)CC1. The third-order valence-corrected chi connectivity index (χ3v) is 4.89. The first-order valence-corrected chi connectivity index (χ1v) is 8.38. The lowest BCUT2D eigenvalue weighted by atomic mass is 10.1. The Kier molecular flexibility index (Phi) is 3.74. The number of amides is 1. The quantitative estimate of drug-likeness (QED) is 0.855. The molecule has 4 heteroatoms. The van der Waals surface area contributed by atoms with E-state index in [9.17, 15) is 4.79 Å². The van der Waals surface area contributed by atoms with Crippen LogP contribution in [0.1, 0.15) is 27.9 Å². The van der Waals surface area contributed by atoms with E-state index in [1.165, 1.54) is 17.5 Å². The molecule has 1 fully saturated rings. The highest BCUT2D eigenvalue weighted by Gasteiger charge is 2.23. The topological polar surface area (TPSA) is 36.4 Å². The van der Waals surface area contributed by atoms with Crippen molar-refractivity contribution in [2.75, 3.05) is 31.1 Å². The summed E-state index contributed by atoms with van der Waals surface area (Å²) in [5, 5.41) is 0. The number of carbonyl (C=O) groups excluding carboxylic acids is 1. The van der Waals surface area contributed by atoms with Crippen LogP contribution in [0.25, 0.3) is 0 Å². The fraction of sp³-hybridized carbons (Fsp3) is 0.368. The number of hydrogen-bond donors (Lipinski definition) is 0. The van der Waals surface area contributed by atoms with Crippen molar-refractivity contribution in [1.29, 1.82) is 0 Å². The lowest BCUT2D eigenvalue weighted by Gasteiger charge is -2.35. The van der Waals surface area contributed by atoms with Crippen LogP contribution < -0.4 is 4.90 Å². The molecule has 1 amide bonds. The number of pyridine rings is 1. The van der Waals surface area contributed by atoms with Gasteiger partial charge in [0.1, 0.15) is 5.82 Å². The molecule has 4 nitrogen and oxygen atoms in total. The van der Waals surface area contributed by atoms with E-state index in [1.807, 2.05) is 35.4 Å². The van der Waals surface area contributed by atoms with Gasteiger partial charge in [-0.2, -0.15) is 0 Å². The number of anilines is 1. The Labute approximate surface area is 136 Å². The minimum atomic E-state index is 0.167. The number of hydrogen-bond acceptors (Lipinski definition) is 3. The second-order valence-corrected chi connectivity index (χ2v) is 6.30. The number of aryl methyl sites for hydroxylation is 2. The summed E-state index contributed by atoms with van der Waals surface area (Å²) in [7, 11) is 0. The Morgan fingerprint density at radius 2 is 1.78 bits per heavy atom. The minimum Gasteiger partial charge on any atom is -0.353 e. The van der Waals surface area contributed by atoms with Gasteiger partial charge in [-0.15, -0.1) is 0 Å². The molecule has 2 aromatic rings. The Hall–Kier alpha value is -2.36. The molecule has 0 N–H and O–H groups in total. The van der Waals surface area contributed by atoms with Crippen molar-refractivity contribution in [2.24, 2.45) is 0 Å². The first kappa shape index (κ1) is 14.2. The Balaban J connectivity index is 1.43. The fourth-order valence-electron chi connectivity index (χ4n) is 3.57. The molecule has 1 saturated heterocycles. The standard InChI is InChI=1S/C19H21N3O/c23-19(17-8-7-15-4-3-5-16(15)14-17)22-12-10-21(11-13-22)18-6-1-2-9-20-18/h1-2,6-9,14H,3-5,10-13H2. The Morgan fingerprint density at radius 3 is 2.57 bits per heavy atom. The number of benzene rings is 1. The maximum atomic E-state index is 12.7. The van der Waals surface area contributed by atoms with Gasteiger partial charge in [-0.25, -0.2) is 4.98 Å². The van der Waals surface area contributed by atoms with Gasteiger partial charge in [0, 0.05) is 37.9 Å². The molecule has 1 aromatic carbocycles. The van der Waals surface area contributed by atoms with E-state index in [4.69, 9.17) is 0 Å². The van der Waals surface area contributed by atoms with Crippen molar-refractivity contribution in [2.45, 2.75) is 19.3 Å². The predicted octanol–water partition coefficient (Wildman–Crippen LogP) is 2.53. The van der Waals surface area contributed by atoms with Crippen molar-refractivity contribution in [3.8, 4) is 0 Å². The lowest BCUT2D eigenvalue weighted by molar-refractivity contribution is 0.0746. The van der Waals surface area contributed by atoms with Crippen LogP contribution in [0, 0.1) is 0 Å². The summed E-state index contributed by atoms with van der Waals surface area (Å²) in [6.07, 6.45) is 5.31. The largest absolute Gasteiger partial charge is 0.353 e. The summed E-state index contributed by atoms with van der Waals surface area (Å²) in [5.74, 6) is 1.16. The lowest BCUT2D eigenvalue weighted by Crippen LogP contribution is -2.49. The summed E-state index contributed by atoms with van der Waals surface area (Å²) >= 11 is 0. The smallest absolute Gasteiger partial charge is 0.253 e. The number of piperazine rings is 1. The van der Waals surface area contributed by atoms with E-state index in [-0.39, 0.29) is 5.91 Å². The number of aromatic nitrogens is 1. The monoisotopic (exact) mass is 307 g/mol. The van der Waals surface area contributed by atoms with Gasteiger partial charge in [0.05, 0.1) is 0 Å². The van der Waals surface area contributed by atoms with Gasteiger partial charge in [0.2, 0.25) is 0 Å². The molecule has 2 aliphatic rings. The normalized spacial score (nSPS) is 17.2. The van der Waals surface area contributed by atoms with E-state index in [0.717, 1.165) is 50.4 Å². The maximum Gasteiger partial charge on any atom is 0.253 e. The highest BCUT2D eigenvalue weighted by atomic mass is 16.2. The Morgan fingerprint density at radius 1 is 0.957 bits per heavy atom. The van der Waals surface area contributed by atoms with Gasteiger partial charge in [-0.3, -0.25) is 4.79 Å². The van der Waals surface area contributed by atoms with E-state index < -0.39 is 0 Å². The van der Waals surface area contributed by atoms with Gasteiger partial charge in [0.25, 0.3) is 5.91 Å². The van der Waals surface area contributed by atoms with Crippen molar-refractivity contribution in [3.05, 3.63) is 59.3 Å². The second-order valence-electron chi connectivity index (χ2n) is 6.30.